The van der Waals surface area contributed by atoms with Crippen molar-refractivity contribution in [1.82, 2.24) is 10.2 Å². The number of rotatable bonds is 5. The highest BCUT2D eigenvalue weighted by molar-refractivity contribution is 8.14. The van der Waals surface area contributed by atoms with Crippen LogP contribution in [-0.4, -0.2) is 48.0 Å². The zero-order valence-corrected chi connectivity index (χ0v) is 11.2. The summed E-state index contributed by atoms with van der Waals surface area (Å²) in [6.45, 7) is 9.70. The van der Waals surface area contributed by atoms with E-state index in [9.17, 15) is 0 Å². The van der Waals surface area contributed by atoms with Crippen LogP contribution in [0.2, 0.25) is 0 Å². The molecule has 0 aromatic rings. The van der Waals surface area contributed by atoms with E-state index >= 15 is 0 Å². The molecule has 1 aliphatic heterocycles. The molecular formula is C11H23N3S. The number of amidine groups is 1. The normalized spacial score (nSPS) is 28.7. The van der Waals surface area contributed by atoms with E-state index in [2.05, 4.69) is 43.0 Å². The monoisotopic (exact) mass is 229 g/mol. The summed E-state index contributed by atoms with van der Waals surface area (Å²) in [5.41, 5.74) is 0.264. The predicted octanol–water partition coefficient (Wildman–Crippen LogP) is 1.80. The molecule has 1 heterocycles. The molecule has 0 bridgehead atoms. The minimum absolute atomic E-state index is 0.264. The summed E-state index contributed by atoms with van der Waals surface area (Å²) in [7, 11) is 2.13. The first-order chi connectivity index (χ1) is 7.09. The molecule has 15 heavy (non-hydrogen) atoms. The molecule has 1 saturated heterocycles. The molecule has 1 unspecified atom stereocenters. The van der Waals surface area contributed by atoms with Crippen LogP contribution in [0, 0.1) is 0 Å². The number of likely N-dealkylation sites (N-methyl/N-ethyl adjacent to an activating group) is 1. The van der Waals surface area contributed by atoms with Gasteiger partial charge in [0.25, 0.3) is 0 Å². The van der Waals surface area contributed by atoms with E-state index in [1.54, 1.807) is 0 Å². The molecule has 1 rings (SSSR count). The first kappa shape index (κ1) is 12.8. The highest BCUT2D eigenvalue weighted by atomic mass is 32.2. The average Bonchev–Trinajstić information content (AvgIpc) is 2.61. The maximum absolute atomic E-state index is 4.58. The van der Waals surface area contributed by atoms with Crippen molar-refractivity contribution in [2.75, 3.05) is 32.4 Å². The van der Waals surface area contributed by atoms with E-state index in [4.69, 9.17) is 0 Å². The minimum Gasteiger partial charge on any atom is -0.359 e. The Bertz CT molecular complexity index is 230. The van der Waals surface area contributed by atoms with Crippen LogP contribution in [0.1, 0.15) is 27.2 Å². The summed E-state index contributed by atoms with van der Waals surface area (Å²) in [5, 5.41) is 4.63. The molecule has 0 aromatic carbocycles. The van der Waals surface area contributed by atoms with Crippen molar-refractivity contribution in [2.45, 2.75) is 32.7 Å². The Kier molecular flexibility index (Phi) is 4.93. The van der Waals surface area contributed by atoms with Gasteiger partial charge in [-0.05, 0) is 26.9 Å². The molecule has 0 aliphatic carbocycles. The molecule has 0 radical (unpaired) electrons. The summed E-state index contributed by atoms with van der Waals surface area (Å²) in [5.74, 6) is 1.14. The Hall–Kier alpha value is -0.220. The summed E-state index contributed by atoms with van der Waals surface area (Å²) >= 11 is 1.85. The van der Waals surface area contributed by atoms with Crippen LogP contribution >= 0.6 is 11.8 Å². The van der Waals surface area contributed by atoms with Gasteiger partial charge in [-0.15, -0.1) is 0 Å². The highest BCUT2D eigenvalue weighted by Crippen LogP contribution is 2.25. The van der Waals surface area contributed by atoms with Gasteiger partial charge in [0.05, 0.1) is 6.54 Å². The standard InChI is InChI=1S/C11H23N3S/c1-5-11(3)9-15-10(13-11)12-7-8-14(4)6-2/h5-9H2,1-4H3,(H,12,13). The number of hydrogen-bond acceptors (Lipinski definition) is 3. The second-order valence-electron chi connectivity index (χ2n) is 4.41. The van der Waals surface area contributed by atoms with Crippen LogP contribution in [-0.2, 0) is 0 Å². The molecule has 4 heteroatoms. The van der Waals surface area contributed by atoms with Crippen molar-refractivity contribution in [2.24, 2.45) is 4.99 Å². The van der Waals surface area contributed by atoms with Gasteiger partial charge >= 0.3 is 0 Å². The summed E-state index contributed by atoms with van der Waals surface area (Å²) in [4.78, 5) is 6.86. The zero-order valence-electron chi connectivity index (χ0n) is 10.3. The van der Waals surface area contributed by atoms with Gasteiger partial charge in [0.2, 0.25) is 0 Å². The lowest BCUT2D eigenvalue weighted by atomic mass is 10.0. The molecular weight excluding hydrogens is 206 g/mol. The van der Waals surface area contributed by atoms with Crippen LogP contribution in [0.3, 0.4) is 0 Å². The van der Waals surface area contributed by atoms with Gasteiger partial charge in [-0.2, -0.15) is 0 Å². The molecule has 0 spiro atoms. The topological polar surface area (TPSA) is 27.6 Å². The van der Waals surface area contributed by atoms with E-state index in [-0.39, 0.29) is 5.54 Å². The van der Waals surface area contributed by atoms with Gasteiger partial charge in [0.15, 0.2) is 5.17 Å². The lowest BCUT2D eigenvalue weighted by Gasteiger charge is -2.20. The molecule has 1 N–H and O–H groups in total. The minimum atomic E-state index is 0.264. The van der Waals surface area contributed by atoms with Crippen LogP contribution in [0.15, 0.2) is 4.99 Å². The van der Waals surface area contributed by atoms with E-state index in [1.165, 1.54) is 0 Å². The number of hydrogen-bond donors (Lipinski definition) is 1. The van der Waals surface area contributed by atoms with Crippen molar-refractivity contribution in [3.8, 4) is 0 Å². The van der Waals surface area contributed by atoms with E-state index in [0.29, 0.717) is 0 Å². The fraction of sp³-hybridized carbons (Fsp3) is 0.909. The van der Waals surface area contributed by atoms with Gasteiger partial charge in [-0.3, -0.25) is 4.99 Å². The van der Waals surface area contributed by atoms with Crippen molar-refractivity contribution >= 4 is 16.9 Å². The molecule has 0 amide bonds. The van der Waals surface area contributed by atoms with Crippen LogP contribution in [0.5, 0.6) is 0 Å². The lowest BCUT2D eigenvalue weighted by molar-refractivity contribution is 0.363. The Balaban J connectivity index is 2.31. The SMILES string of the molecule is CCN(C)CCN=C1NC(C)(CC)CS1. The van der Waals surface area contributed by atoms with E-state index in [0.717, 1.165) is 37.0 Å². The molecule has 1 fully saturated rings. The van der Waals surface area contributed by atoms with Gasteiger partial charge in [-0.25, -0.2) is 0 Å². The van der Waals surface area contributed by atoms with Crippen LogP contribution in [0.4, 0.5) is 0 Å². The van der Waals surface area contributed by atoms with Crippen LogP contribution in [0.25, 0.3) is 0 Å². The molecule has 1 atom stereocenters. The first-order valence-corrected chi connectivity index (χ1v) is 6.72. The van der Waals surface area contributed by atoms with E-state index in [1.807, 2.05) is 11.8 Å². The maximum Gasteiger partial charge on any atom is 0.157 e. The lowest BCUT2D eigenvalue weighted by Crippen LogP contribution is -2.39. The number of nitrogens with zero attached hydrogens (tertiary/aromatic N) is 2. The van der Waals surface area contributed by atoms with Gasteiger partial charge in [0.1, 0.15) is 0 Å². The quantitative estimate of drug-likeness (QED) is 0.779. The molecule has 3 nitrogen and oxygen atoms in total. The summed E-state index contributed by atoms with van der Waals surface area (Å²) < 4.78 is 0. The number of thioether (sulfide) groups is 1. The Morgan fingerprint density at radius 3 is 2.80 bits per heavy atom. The fourth-order valence-corrected chi connectivity index (χ4v) is 2.55. The van der Waals surface area contributed by atoms with Gasteiger partial charge in [-0.1, -0.05) is 25.6 Å². The van der Waals surface area contributed by atoms with Gasteiger partial charge in [0, 0.05) is 17.8 Å². The summed E-state index contributed by atoms with van der Waals surface area (Å²) in [6, 6.07) is 0. The predicted molar refractivity (Wildman–Crippen MR) is 69.8 cm³/mol. The smallest absolute Gasteiger partial charge is 0.157 e. The highest BCUT2D eigenvalue weighted by Gasteiger charge is 2.30. The Labute approximate surface area is 97.7 Å². The van der Waals surface area contributed by atoms with Crippen molar-refractivity contribution in [3.63, 3.8) is 0 Å². The third kappa shape index (κ3) is 4.03. The third-order valence-corrected chi connectivity index (χ3v) is 4.28. The molecule has 1 aliphatic rings. The van der Waals surface area contributed by atoms with Crippen molar-refractivity contribution < 1.29 is 0 Å². The van der Waals surface area contributed by atoms with Crippen molar-refractivity contribution in [1.29, 1.82) is 0 Å². The van der Waals surface area contributed by atoms with Gasteiger partial charge < -0.3 is 10.2 Å². The average molecular weight is 229 g/mol. The fourth-order valence-electron chi connectivity index (χ4n) is 1.31. The maximum atomic E-state index is 4.58. The number of nitrogens with one attached hydrogen (secondary N) is 1. The van der Waals surface area contributed by atoms with Crippen molar-refractivity contribution in [3.05, 3.63) is 0 Å². The van der Waals surface area contributed by atoms with Crippen LogP contribution < -0.4 is 5.32 Å². The Morgan fingerprint density at radius 1 is 1.53 bits per heavy atom. The molecule has 88 valence electrons. The van der Waals surface area contributed by atoms with E-state index < -0.39 is 0 Å². The second-order valence-corrected chi connectivity index (χ2v) is 5.37. The largest absolute Gasteiger partial charge is 0.359 e. The second kappa shape index (κ2) is 5.75. The molecule has 0 aromatic heterocycles. The molecule has 0 saturated carbocycles. The third-order valence-electron chi connectivity index (χ3n) is 2.99. The Morgan fingerprint density at radius 2 is 2.27 bits per heavy atom. The number of aliphatic imine (C=N–C) groups is 1. The first-order valence-electron chi connectivity index (χ1n) is 5.73. The summed E-state index contributed by atoms with van der Waals surface area (Å²) in [6.07, 6.45) is 1.16. The zero-order chi connectivity index (χ0) is 11.3.